The van der Waals surface area contributed by atoms with Crippen LogP contribution in [-0.4, -0.2) is 50.3 Å². The van der Waals surface area contributed by atoms with E-state index in [0.717, 1.165) is 25.2 Å². The molecule has 4 unspecified atom stereocenters. The van der Waals surface area contributed by atoms with Crippen LogP contribution in [0.25, 0.3) is 0 Å². The first-order valence-electron chi connectivity index (χ1n) is 7.37. The zero-order chi connectivity index (χ0) is 11.7. The predicted octanol–water partition coefficient (Wildman–Crippen LogP) is 1.49. The van der Waals surface area contributed by atoms with Crippen LogP contribution in [0.1, 0.15) is 32.1 Å². The van der Waals surface area contributed by atoms with Crippen LogP contribution >= 0.6 is 0 Å². The summed E-state index contributed by atoms with van der Waals surface area (Å²) >= 11 is 0. The Hall–Kier alpha value is -0.120. The maximum absolute atomic E-state index is 5.62. The van der Waals surface area contributed by atoms with Gasteiger partial charge in [0.1, 0.15) is 0 Å². The molecule has 2 aliphatic heterocycles. The second kappa shape index (κ2) is 5.25. The van der Waals surface area contributed by atoms with Crippen molar-refractivity contribution in [3.05, 3.63) is 0 Å². The van der Waals surface area contributed by atoms with Crippen LogP contribution in [0.4, 0.5) is 0 Å². The summed E-state index contributed by atoms with van der Waals surface area (Å²) in [6.45, 7) is 4.46. The molecule has 0 radical (unpaired) electrons. The molecule has 3 fully saturated rings. The minimum absolute atomic E-state index is 0.581. The van der Waals surface area contributed by atoms with Gasteiger partial charge in [-0.15, -0.1) is 0 Å². The normalized spacial score (nSPS) is 42.9. The first kappa shape index (κ1) is 11.9. The van der Waals surface area contributed by atoms with Gasteiger partial charge in [0.25, 0.3) is 0 Å². The molecular weight excluding hydrogens is 212 g/mol. The largest absolute Gasteiger partial charge is 0.379 e. The molecule has 1 saturated carbocycles. The molecule has 3 heteroatoms. The van der Waals surface area contributed by atoms with Gasteiger partial charge in [0.15, 0.2) is 0 Å². The highest BCUT2D eigenvalue weighted by Crippen LogP contribution is 2.36. The lowest BCUT2D eigenvalue weighted by atomic mass is 9.85. The Morgan fingerprint density at radius 3 is 2.94 bits per heavy atom. The molecule has 1 aliphatic carbocycles. The molecule has 3 rings (SSSR count). The monoisotopic (exact) mass is 238 g/mol. The third-order valence-corrected chi connectivity index (χ3v) is 5.16. The molecule has 0 aromatic rings. The Morgan fingerprint density at radius 1 is 1.18 bits per heavy atom. The van der Waals surface area contributed by atoms with Gasteiger partial charge in [-0.25, -0.2) is 0 Å². The maximum Gasteiger partial charge on any atom is 0.0623 e. The molecule has 1 N–H and O–H groups in total. The van der Waals surface area contributed by atoms with Crippen molar-refractivity contribution in [2.45, 2.75) is 44.2 Å². The van der Waals surface area contributed by atoms with E-state index in [1.165, 1.54) is 45.2 Å². The second-order valence-electron chi connectivity index (χ2n) is 6.09. The van der Waals surface area contributed by atoms with Crippen LogP contribution in [0, 0.1) is 11.8 Å². The topological polar surface area (TPSA) is 24.5 Å². The summed E-state index contributed by atoms with van der Waals surface area (Å²) in [7, 11) is 2.07. The van der Waals surface area contributed by atoms with Gasteiger partial charge in [-0.2, -0.15) is 0 Å². The highest BCUT2D eigenvalue weighted by atomic mass is 16.5. The molecule has 2 saturated heterocycles. The Kier molecular flexibility index (Phi) is 3.69. The molecule has 98 valence electrons. The zero-order valence-electron chi connectivity index (χ0n) is 11.0. The molecule has 4 atom stereocenters. The Morgan fingerprint density at radius 2 is 2.06 bits per heavy atom. The molecule has 0 amide bonds. The van der Waals surface area contributed by atoms with E-state index in [-0.39, 0.29) is 0 Å². The SMILES string of the molecule is CNC1COCC1CN1CCC2CCCCC21. The molecule has 0 aromatic heterocycles. The van der Waals surface area contributed by atoms with Crippen molar-refractivity contribution in [3.63, 3.8) is 0 Å². The fourth-order valence-corrected chi connectivity index (χ4v) is 4.13. The average Bonchev–Trinajstić information content (AvgIpc) is 2.97. The van der Waals surface area contributed by atoms with E-state index >= 15 is 0 Å². The fourth-order valence-electron chi connectivity index (χ4n) is 4.13. The number of hydrogen-bond acceptors (Lipinski definition) is 3. The van der Waals surface area contributed by atoms with Crippen molar-refractivity contribution in [2.24, 2.45) is 11.8 Å². The molecule has 2 heterocycles. The summed E-state index contributed by atoms with van der Waals surface area (Å²) in [4.78, 5) is 2.77. The van der Waals surface area contributed by atoms with Gasteiger partial charge in [0.05, 0.1) is 13.2 Å². The highest BCUT2D eigenvalue weighted by Gasteiger charge is 2.38. The lowest BCUT2D eigenvalue weighted by molar-refractivity contribution is 0.140. The molecular formula is C14H26N2O. The number of nitrogens with zero attached hydrogens (tertiary/aromatic N) is 1. The average molecular weight is 238 g/mol. The number of likely N-dealkylation sites (N-methyl/N-ethyl adjacent to an activating group) is 1. The fraction of sp³-hybridized carbons (Fsp3) is 1.00. The lowest BCUT2D eigenvalue weighted by Crippen LogP contribution is -2.43. The van der Waals surface area contributed by atoms with Crippen molar-refractivity contribution in [3.8, 4) is 0 Å². The van der Waals surface area contributed by atoms with Crippen LogP contribution < -0.4 is 5.32 Å². The second-order valence-corrected chi connectivity index (χ2v) is 6.09. The van der Waals surface area contributed by atoms with Gasteiger partial charge in [0, 0.05) is 24.5 Å². The quantitative estimate of drug-likeness (QED) is 0.806. The van der Waals surface area contributed by atoms with Crippen LogP contribution in [0.3, 0.4) is 0 Å². The Labute approximate surface area is 105 Å². The highest BCUT2D eigenvalue weighted by molar-refractivity contribution is 4.92. The van der Waals surface area contributed by atoms with Gasteiger partial charge in [0.2, 0.25) is 0 Å². The molecule has 3 nitrogen and oxygen atoms in total. The minimum atomic E-state index is 0.581. The van der Waals surface area contributed by atoms with Gasteiger partial charge >= 0.3 is 0 Å². The molecule has 0 bridgehead atoms. The number of hydrogen-bond donors (Lipinski definition) is 1. The van der Waals surface area contributed by atoms with Crippen molar-refractivity contribution in [2.75, 3.05) is 33.4 Å². The summed E-state index contributed by atoms with van der Waals surface area (Å²) in [5.41, 5.74) is 0. The standard InChI is InChI=1S/C14H26N2O/c1-15-13-10-17-9-12(13)8-16-7-6-11-4-2-3-5-14(11)16/h11-15H,2-10H2,1H3. The van der Waals surface area contributed by atoms with E-state index in [4.69, 9.17) is 4.74 Å². The van der Waals surface area contributed by atoms with Crippen molar-refractivity contribution in [1.29, 1.82) is 0 Å². The van der Waals surface area contributed by atoms with Crippen molar-refractivity contribution < 1.29 is 4.74 Å². The van der Waals surface area contributed by atoms with Crippen LogP contribution in [-0.2, 0) is 4.74 Å². The predicted molar refractivity (Wildman–Crippen MR) is 69.1 cm³/mol. The van der Waals surface area contributed by atoms with E-state index in [2.05, 4.69) is 17.3 Å². The molecule has 0 aromatic carbocycles. The third kappa shape index (κ3) is 2.38. The Balaban J connectivity index is 1.58. The third-order valence-electron chi connectivity index (χ3n) is 5.16. The number of likely N-dealkylation sites (tertiary alicyclic amines) is 1. The summed E-state index contributed by atoms with van der Waals surface area (Å²) in [6.07, 6.45) is 7.30. The first-order valence-corrected chi connectivity index (χ1v) is 7.37. The molecule has 3 aliphatic rings. The molecule has 0 spiro atoms. The number of rotatable bonds is 3. The van der Waals surface area contributed by atoms with E-state index < -0.39 is 0 Å². The van der Waals surface area contributed by atoms with Crippen LogP contribution in [0.15, 0.2) is 0 Å². The van der Waals surface area contributed by atoms with E-state index in [1.807, 2.05) is 0 Å². The summed E-state index contributed by atoms with van der Waals surface area (Å²) in [5.74, 6) is 1.72. The summed E-state index contributed by atoms with van der Waals surface area (Å²) in [5, 5.41) is 3.41. The van der Waals surface area contributed by atoms with Crippen LogP contribution in [0.5, 0.6) is 0 Å². The van der Waals surface area contributed by atoms with E-state index in [9.17, 15) is 0 Å². The number of fused-ring (bicyclic) bond motifs is 1. The summed E-state index contributed by atoms with van der Waals surface area (Å²) in [6, 6.07) is 1.49. The van der Waals surface area contributed by atoms with Crippen LogP contribution in [0.2, 0.25) is 0 Å². The van der Waals surface area contributed by atoms with Gasteiger partial charge in [-0.3, -0.25) is 4.90 Å². The van der Waals surface area contributed by atoms with Gasteiger partial charge in [-0.1, -0.05) is 12.8 Å². The summed E-state index contributed by atoms with van der Waals surface area (Å²) < 4.78 is 5.62. The number of nitrogens with one attached hydrogen (secondary N) is 1. The minimum Gasteiger partial charge on any atom is -0.379 e. The zero-order valence-corrected chi connectivity index (χ0v) is 11.0. The first-order chi connectivity index (χ1) is 8.38. The van der Waals surface area contributed by atoms with E-state index in [1.54, 1.807) is 0 Å². The maximum atomic E-state index is 5.62. The lowest BCUT2D eigenvalue weighted by Gasteiger charge is -2.33. The number of ether oxygens (including phenoxy) is 1. The Bertz CT molecular complexity index is 259. The van der Waals surface area contributed by atoms with Crippen molar-refractivity contribution in [1.82, 2.24) is 10.2 Å². The van der Waals surface area contributed by atoms with Gasteiger partial charge < -0.3 is 10.1 Å². The smallest absolute Gasteiger partial charge is 0.0623 e. The van der Waals surface area contributed by atoms with Gasteiger partial charge in [-0.05, 0) is 38.8 Å². The van der Waals surface area contributed by atoms with E-state index in [0.29, 0.717) is 12.0 Å². The van der Waals surface area contributed by atoms with Crippen molar-refractivity contribution >= 4 is 0 Å². The molecule has 17 heavy (non-hydrogen) atoms.